The Morgan fingerprint density at radius 3 is 1.54 bits per heavy atom. The van der Waals surface area contributed by atoms with E-state index in [-0.39, 0.29) is 0 Å². The third kappa shape index (κ3) is 6.02. The molecule has 24 heavy (non-hydrogen) atoms. The summed E-state index contributed by atoms with van der Waals surface area (Å²) in [5, 5.41) is 17.7. The summed E-state index contributed by atoms with van der Waals surface area (Å²) < 4.78 is 11.3. The summed E-state index contributed by atoms with van der Waals surface area (Å²) in [7, 11) is 0. The Bertz CT molecular complexity index is 665. The molecule has 122 valence electrons. The number of nitrogens with zero attached hydrogens (tertiary/aromatic N) is 2. The quantitative estimate of drug-likeness (QED) is 0.640. The monoisotopic (exact) mass is 320 g/mol. The minimum absolute atomic E-state index is 0.616. The van der Waals surface area contributed by atoms with Crippen molar-refractivity contribution in [2.24, 2.45) is 0 Å². The van der Waals surface area contributed by atoms with Gasteiger partial charge in [-0.1, -0.05) is 12.1 Å². The van der Waals surface area contributed by atoms with Gasteiger partial charge in [-0.05, 0) is 62.1 Å². The van der Waals surface area contributed by atoms with E-state index in [1.165, 1.54) is 0 Å². The smallest absolute Gasteiger partial charge is 0.120 e. The topological polar surface area (TPSA) is 66.0 Å². The van der Waals surface area contributed by atoms with E-state index in [2.05, 4.69) is 12.1 Å². The first-order chi connectivity index (χ1) is 11.8. The van der Waals surface area contributed by atoms with E-state index in [0.717, 1.165) is 37.2 Å². The molecule has 0 fully saturated rings. The van der Waals surface area contributed by atoms with Crippen LogP contribution in [0.1, 0.15) is 36.8 Å². The van der Waals surface area contributed by atoms with E-state index in [1.54, 1.807) is 24.3 Å². The van der Waals surface area contributed by atoms with Gasteiger partial charge in [0.05, 0.1) is 36.5 Å². The van der Waals surface area contributed by atoms with Gasteiger partial charge in [0, 0.05) is 0 Å². The maximum atomic E-state index is 8.83. The first kappa shape index (κ1) is 17.4. The van der Waals surface area contributed by atoms with Crippen molar-refractivity contribution in [1.29, 1.82) is 10.5 Å². The van der Waals surface area contributed by atoms with E-state index in [9.17, 15) is 0 Å². The van der Waals surface area contributed by atoms with Crippen molar-refractivity contribution in [3.63, 3.8) is 0 Å². The maximum Gasteiger partial charge on any atom is 0.120 e. The van der Waals surface area contributed by atoms with Crippen LogP contribution in [0.15, 0.2) is 48.5 Å². The van der Waals surface area contributed by atoms with Gasteiger partial charge in [-0.3, -0.25) is 0 Å². The molecule has 4 nitrogen and oxygen atoms in total. The van der Waals surface area contributed by atoms with Crippen molar-refractivity contribution in [2.75, 3.05) is 13.2 Å². The van der Waals surface area contributed by atoms with Gasteiger partial charge in [0.1, 0.15) is 11.5 Å². The Labute approximate surface area is 142 Å². The summed E-state index contributed by atoms with van der Waals surface area (Å²) in [4.78, 5) is 0. The summed E-state index contributed by atoms with van der Waals surface area (Å²) >= 11 is 0. The standard InChI is InChI=1S/C20H20N2O2/c21-15-17-7-5-9-19(13-17)23-11-3-1-2-4-12-24-20-10-6-8-18(14-20)16-22/h5-10,13-14H,1-4,11-12H2. The summed E-state index contributed by atoms with van der Waals surface area (Å²) in [6.07, 6.45) is 4.08. The molecule has 2 aromatic rings. The van der Waals surface area contributed by atoms with Crippen LogP contribution in [0.5, 0.6) is 11.5 Å². The number of unbranched alkanes of at least 4 members (excludes halogenated alkanes) is 3. The lowest BCUT2D eigenvalue weighted by Gasteiger charge is -2.07. The fraction of sp³-hybridized carbons (Fsp3) is 0.300. The Kier molecular flexibility index (Phi) is 7.18. The van der Waals surface area contributed by atoms with Crippen LogP contribution < -0.4 is 9.47 Å². The highest BCUT2D eigenvalue weighted by Crippen LogP contribution is 2.14. The number of rotatable bonds is 9. The Morgan fingerprint density at radius 2 is 1.12 bits per heavy atom. The Balaban J connectivity index is 1.54. The lowest BCUT2D eigenvalue weighted by Crippen LogP contribution is -2.00. The molecular weight excluding hydrogens is 300 g/mol. The van der Waals surface area contributed by atoms with Crippen molar-refractivity contribution in [1.82, 2.24) is 0 Å². The molecule has 4 heteroatoms. The molecule has 0 N–H and O–H groups in total. The number of ether oxygens (including phenoxy) is 2. The van der Waals surface area contributed by atoms with E-state index >= 15 is 0 Å². The molecule has 0 aromatic heterocycles. The summed E-state index contributed by atoms with van der Waals surface area (Å²) in [6.45, 7) is 1.31. The third-order valence-corrected chi connectivity index (χ3v) is 3.50. The van der Waals surface area contributed by atoms with Crippen molar-refractivity contribution >= 4 is 0 Å². The summed E-state index contributed by atoms with van der Waals surface area (Å²) in [6, 6.07) is 18.6. The first-order valence-corrected chi connectivity index (χ1v) is 8.08. The SMILES string of the molecule is N#Cc1cccc(OCCCCCCOc2cccc(C#N)c2)c1. The van der Waals surface area contributed by atoms with Crippen LogP contribution in [0.3, 0.4) is 0 Å². The van der Waals surface area contributed by atoms with Crippen LogP contribution in [-0.4, -0.2) is 13.2 Å². The van der Waals surface area contributed by atoms with Crippen LogP contribution in [0.25, 0.3) is 0 Å². The second-order valence-corrected chi connectivity index (χ2v) is 5.39. The Morgan fingerprint density at radius 1 is 0.667 bits per heavy atom. The fourth-order valence-electron chi connectivity index (χ4n) is 2.25. The number of benzene rings is 2. The second kappa shape index (κ2) is 9.92. The highest BCUT2D eigenvalue weighted by molar-refractivity contribution is 5.36. The number of hydrogen-bond acceptors (Lipinski definition) is 4. The van der Waals surface area contributed by atoms with Crippen molar-refractivity contribution in [2.45, 2.75) is 25.7 Å². The molecule has 0 aliphatic heterocycles. The number of nitriles is 2. The fourth-order valence-corrected chi connectivity index (χ4v) is 2.25. The summed E-state index contributed by atoms with van der Waals surface area (Å²) in [5.74, 6) is 1.49. The van der Waals surface area contributed by atoms with E-state index in [0.29, 0.717) is 24.3 Å². The predicted octanol–water partition coefficient (Wildman–Crippen LogP) is 4.45. The van der Waals surface area contributed by atoms with Crippen molar-refractivity contribution < 1.29 is 9.47 Å². The average molecular weight is 320 g/mol. The first-order valence-electron chi connectivity index (χ1n) is 8.08. The molecule has 0 unspecified atom stereocenters. The molecule has 0 saturated heterocycles. The minimum Gasteiger partial charge on any atom is -0.494 e. The molecule has 0 aliphatic rings. The van der Waals surface area contributed by atoms with Crippen LogP contribution in [-0.2, 0) is 0 Å². The molecule has 0 atom stereocenters. The van der Waals surface area contributed by atoms with Gasteiger partial charge in [-0.25, -0.2) is 0 Å². The predicted molar refractivity (Wildman–Crippen MR) is 91.8 cm³/mol. The molecule has 0 spiro atoms. The molecule has 2 aromatic carbocycles. The van der Waals surface area contributed by atoms with Gasteiger partial charge in [0.2, 0.25) is 0 Å². The molecule has 0 heterocycles. The zero-order valence-electron chi connectivity index (χ0n) is 13.6. The average Bonchev–Trinajstić information content (AvgIpc) is 2.64. The normalized spacial score (nSPS) is 9.75. The van der Waals surface area contributed by atoms with E-state index < -0.39 is 0 Å². The zero-order chi connectivity index (χ0) is 17.0. The van der Waals surface area contributed by atoms with E-state index in [1.807, 2.05) is 24.3 Å². The van der Waals surface area contributed by atoms with Crippen LogP contribution in [0, 0.1) is 22.7 Å². The highest BCUT2D eigenvalue weighted by Gasteiger charge is 1.98. The van der Waals surface area contributed by atoms with Gasteiger partial charge in [-0.2, -0.15) is 10.5 Å². The minimum atomic E-state index is 0.616. The van der Waals surface area contributed by atoms with Crippen molar-refractivity contribution in [3.05, 3.63) is 59.7 Å². The van der Waals surface area contributed by atoms with Gasteiger partial charge in [0.25, 0.3) is 0 Å². The summed E-state index contributed by atoms with van der Waals surface area (Å²) in [5.41, 5.74) is 1.23. The largest absolute Gasteiger partial charge is 0.494 e. The number of hydrogen-bond donors (Lipinski definition) is 0. The van der Waals surface area contributed by atoms with Crippen LogP contribution in [0.4, 0.5) is 0 Å². The third-order valence-electron chi connectivity index (χ3n) is 3.50. The molecule has 0 bridgehead atoms. The lowest BCUT2D eigenvalue weighted by molar-refractivity contribution is 0.287. The second-order valence-electron chi connectivity index (χ2n) is 5.39. The molecule has 0 aliphatic carbocycles. The molecular formula is C20H20N2O2. The van der Waals surface area contributed by atoms with Crippen molar-refractivity contribution in [3.8, 4) is 23.6 Å². The van der Waals surface area contributed by atoms with E-state index in [4.69, 9.17) is 20.0 Å². The van der Waals surface area contributed by atoms with Gasteiger partial charge >= 0.3 is 0 Å². The van der Waals surface area contributed by atoms with Gasteiger partial charge < -0.3 is 9.47 Å². The Hall–Kier alpha value is -2.98. The molecule has 2 rings (SSSR count). The van der Waals surface area contributed by atoms with Gasteiger partial charge in [-0.15, -0.1) is 0 Å². The highest BCUT2D eigenvalue weighted by atomic mass is 16.5. The lowest BCUT2D eigenvalue weighted by atomic mass is 10.2. The van der Waals surface area contributed by atoms with Crippen LogP contribution >= 0.6 is 0 Å². The molecule has 0 saturated carbocycles. The molecule has 0 radical (unpaired) electrons. The van der Waals surface area contributed by atoms with Crippen LogP contribution in [0.2, 0.25) is 0 Å². The zero-order valence-corrected chi connectivity index (χ0v) is 13.6. The van der Waals surface area contributed by atoms with Gasteiger partial charge in [0.15, 0.2) is 0 Å². The molecule has 0 amide bonds. The maximum absolute atomic E-state index is 8.83.